The van der Waals surface area contributed by atoms with Crippen LogP contribution in [0.4, 0.5) is 0 Å². The van der Waals surface area contributed by atoms with Crippen LogP contribution in [0.25, 0.3) is 10.8 Å². The lowest BCUT2D eigenvalue weighted by molar-refractivity contribution is 0.0700. The summed E-state index contributed by atoms with van der Waals surface area (Å²) in [6, 6.07) is 0. The molecule has 0 aliphatic heterocycles. The molecule has 0 aromatic carbocycles. The molecule has 94 valence electrons. The van der Waals surface area contributed by atoms with Crippen LogP contribution in [-0.4, -0.2) is 26.0 Å². The number of aromatic carboxylic acids is 1. The van der Waals surface area contributed by atoms with Crippen molar-refractivity contribution in [3.63, 3.8) is 0 Å². The van der Waals surface area contributed by atoms with Crippen molar-refractivity contribution in [3.05, 3.63) is 28.5 Å². The van der Waals surface area contributed by atoms with E-state index in [2.05, 4.69) is 15.0 Å². The molecule has 5 nitrogen and oxygen atoms in total. The van der Waals surface area contributed by atoms with E-state index in [4.69, 9.17) is 5.11 Å². The predicted molar refractivity (Wildman–Crippen MR) is 68.8 cm³/mol. The Morgan fingerprint density at radius 3 is 2.61 bits per heavy atom. The maximum Gasteiger partial charge on any atom is 0.347 e. The lowest BCUT2D eigenvalue weighted by Gasteiger charge is -1.94. The molecule has 2 aromatic heterocycles. The molecular weight excluding hydrogens is 250 g/mol. The van der Waals surface area contributed by atoms with Gasteiger partial charge in [0.25, 0.3) is 0 Å². The summed E-state index contributed by atoms with van der Waals surface area (Å²) in [5.74, 6) is -0.454. The van der Waals surface area contributed by atoms with E-state index >= 15 is 0 Å². The van der Waals surface area contributed by atoms with Crippen LogP contribution in [0.2, 0.25) is 0 Å². The number of nitrogens with zero attached hydrogens (tertiary/aromatic N) is 3. The Morgan fingerprint density at radius 2 is 2.06 bits per heavy atom. The van der Waals surface area contributed by atoms with Crippen LogP contribution in [0.1, 0.15) is 34.3 Å². The van der Waals surface area contributed by atoms with Crippen molar-refractivity contribution in [2.45, 2.75) is 26.7 Å². The Morgan fingerprint density at radius 1 is 1.39 bits per heavy atom. The highest BCUT2D eigenvalue weighted by Crippen LogP contribution is 2.26. The van der Waals surface area contributed by atoms with Crippen LogP contribution in [-0.2, 0) is 6.42 Å². The molecule has 2 rings (SSSR count). The van der Waals surface area contributed by atoms with Gasteiger partial charge in [-0.3, -0.25) is 0 Å². The zero-order valence-electron chi connectivity index (χ0n) is 10.2. The van der Waals surface area contributed by atoms with Crippen LogP contribution < -0.4 is 0 Å². The highest BCUT2D eigenvalue weighted by Gasteiger charge is 2.18. The van der Waals surface area contributed by atoms with Gasteiger partial charge in [0.05, 0.1) is 5.69 Å². The van der Waals surface area contributed by atoms with E-state index in [1.54, 1.807) is 12.4 Å². The van der Waals surface area contributed by atoms with E-state index in [-0.39, 0.29) is 4.88 Å². The van der Waals surface area contributed by atoms with Crippen LogP contribution in [0.5, 0.6) is 0 Å². The summed E-state index contributed by atoms with van der Waals surface area (Å²) in [7, 11) is 0. The second kappa shape index (κ2) is 5.22. The third-order valence-electron chi connectivity index (χ3n) is 2.35. The number of hydrogen-bond donors (Lipinski definition) is 1. The van der Waals surface area contributed by atoms with Crippen LogP contribution in [0, 0.1) is 6.92 Å². The molecule has 0 fully saturated rings. The summed E-state index contributed by atoms with van der Waals surface area (Å²) < 4.78 is 0. The predicted octanol–water partition coefficient (Wildman–Crippen LogP) is 2.56. The highest BCUT2D eigenvalue weighted by atomic mass is 32.1. The van der Waals surface area contributed by atoms with Crippen molar-refractivity contribution in [1.82, 2.24) is 15.0 Å². The van der Waals surface area contributed by atoms with Crippen LogP contribution in [0.15, 0.2) is 12.4 Å². The molecule has 0 unspecified atom stereocenters. The van der Waals surface area contributed by atoms with Crippen molar-refractivity contribution in [2.75, 3.05) is 0 Å². The highest BCUT2D eigenvalue weighted by molar-refractivity contribution is 7.16. The lowest BCUT2D eigenvalue weighted by atomic mass is 10.2. The van der Waals surface area contributed by atoms with Crippen molar-refractivity contribution in [3.8, 4) is 10.8 Å². The molecule has 2 aromatic rings. The third-order valence-corrected chi connectivity index (χ3v) is 3.43. The maximum atomic E-state index is 11.1. The van der Waals surface area contributed by atoms with Gasteiger partial charge in [-0.2, -0.15) is 0 Å². The molecule has 0 bridgehead atoms. The number of aryl methyl sites for hydroxylation is 2. The molecule has 0 saturated carbocycles. The van der Waals surface area contributed by atoms with Gasteiger partial charge in [0, 0.05) is 12.4 Å². The van der Waals surface area contributed by atoms with Gasteiger partial charge >= 0.3 is 5.97 Å². The van der Waals surface area contributed by atoms with Crippen molar-refractivity contribution in [2.24, 2.45) is 0 Å². The molecular formula is C12H13N3O2S. The smallest absolute Gasteiger partial charge is 0.347 e. The first-order valence-corrected chi connectivity index (χ1v) is 6.45. The number of carboxylic acid groups (broad SMARTS) is 1. The third kappa shape index (κ3) is 2.53. The largest absolute Gasteiger partial charge is 0.477 e. The molecule has 0 radical (unpaired) electrons. The van der Waals surface area contributed by atoms with Gasteiger partial charge in [-0.1, -0.05) is 13.3 Å². The minimum atomic E-state index is -0.936. The Bertz CT molecular complexity index is 563. The first-order valence-electron chi connectivity index (χ1n) is 5.63. The zero-order valence-corrected chi connectivity index (χ0v) is 11.0. The minimum Gasteiger partial charge on any atom is -0.477 e. The van der Waals surface area contributed by atoms with Gasteiger partial charge in [-0.25, -0.2) is 19.7 Å². The van der Waals surface area contributed by atoms with Crippen LogP contribution >= 0.6 is 11.3 Å². The van der Waals surface area contributed by atoms with Gasteiger partial charge < -0.3 is 5.11 Å². The number of rotatable bonds is 4. The van der Waals surface area contributed by atoms with Crippen molar-refractivity contribution < 1.29 is 9.90 Å². The molecule has 18 heavy (non-hydrogen) atoms. The van der Waals surface area contributed by atoms with Gasteiger partial charge in [-0.05, 0) is 18.9 Å². The van der Waals surface area contributed by atoms with E-state index in [1.165, 1.54) is 0 Å². The van der Waals surface area contributed by atoms with Gasteiger partial charge in [0.15, 0.2) is 10.8 Å². The van der Waals surface area contributed by atoms with E-state index in [9.17, 15) is 4.79 Å². The number of aromatic nitrogens is 3. The van der Waals surface area contributed by atoms with Crippen molar-refractivity contribution in [1.29, 1.82) is 0 Å². The Balaban J connectivity index is 2.42. The van der Waals surface area contributed by atoms with E-state index in [0.29, 0.717) is 22.9 Å². The standard InChI is InChI=1S/C12H13N3O2S/c1-3-4-8-9(12(16)17)18-11(15-8)10-13-5-7(2)6-14-10/h5-6H,3-4H2,1-2H3,(H,16,17). The lowest BCUT2D eigenvalue weighted by Crippen LogP contribution is -1.98. The summed E-state index contributed by atoms with van der Waals surface area (Å²) in [5.41, 5.74) is 1.58. The maximum absolute atomic E-state index is 11.1. The topological polar surface area (TPSA) is 76.0 Å². The average molecular weight is 263 g/mol. The van der Waals surface area contributed by atoms with Gasteiger partial charge in [-0.15, -0.1) is 11.3 Å². The van der Waals surface area contributed by atoms with E-state index in [1.807, 2.05) is 13.8 Å². The SMILES string of the molecule is CCCc1nc(-c2ncc(C)cn2)sc1C(=O)O. The summed E-state index contributed by atoms with van der Waals surface area (Å²) in [4.78, 5) is 24.1. The van der Waals surface area contributed by atoms with Crippen LogP contribution in [0.3, 0.4) is 0 Å². The van der Waals surface area contributed by atoms with E-state index < -0.39 is 5.97 Å². The zero-order chi connectivity index (χ0) is 13.1. The second-order valence-corrected chi connectivity index (χ2v) is 4.93. The second-order valence-electron chi connectivity index (χ2n) is 3.93. The summed E-state index contributed by atoms with van der Waals surface area (Å²) in [6.07, 6.45) is 4.91. The average Bonchev–Trinajstić information content (AvgIpc) is 2.75. The Labute approximate surface area is 109 Å². The fourth-order valence-corrected chi connectivity index (χ4v) is 2.42. The van der Waals surface area contributed by atoms with Crippen molar-refractivity contribution >= 4 is 17.3 Å². The van der Waals surface area contributed by atoms with E-state index in [0.717, 1.165) is 23.3 Å². The summed E-state index contributed by atoms with van der Waals surface area (Å²) in [5, 5.41) is 9.69. The molecule has 0 spiro atoms. The molecule has 0 amide bonds. The molecule has 0 saturated heterocycles. The fourth-order valence-electron chi connectivity index (χ4n) is 1.52. The molecule has 1 N–H and O–H groups in total. The molecule has 6 heteroatoms. The Hall–Kier alpha value is -1.82. The number of carbonyl (C=O) groups is 1. The van der Waals surface area contributed by atoms with Gasteiger partial charge in [0.1, 0.15) is 4.88 Å². The number of hydrogen-bond acceptors (Lipinski definition) is 5. The Kier molecular flexibility index (Phi) is 3.66. The number of carboxylic acids is 1. The summed E-state index contributed by atoms with van der Waals surface area (Å²) in [6.45, 7) is 3.89. The fraction of sp³-hybridized carbons (Fsp3) is 0.333. The quantitative estimate of drug-likeness (QED) is 0.917. The number of thiazole rings is 1. The molecule has 0 aliphatic rings. The van der Waals surface area contributed by atoms with Gasteiger partial charge in [0.2, 0.25) is 0 Å². The normalized spacial score (nSPS) is 10.6. The minimum absolute atomic E-state index is 0.288. The monoisotopic (exact) mass is 263 g/mol. The molecule has 0 atom stereocenters. The molecule has 2 heterocycles. The summed E-state index contributed by atoms with van der Waals surface area (Å²) >= 11 is 1.13. The first kappa shape index (κ1) is 12.6. The first-order chi connectivity index (χ1) is 8.61. The molecule has 0 aliphatic carbocycles.